The topological polar surface area (TPSA) is 110 Å². The van der Waals surface area contributed by atoms with E-state index in [4.69, 9.17) is 9.15 Å². The van der Waals surface area contributed by atoms with Gasteiger partial charge in [-0.25, -0.2) is 4.79 Å². The first kappa shape index (κ1) is 19.3. The molecule has 0 aliphatic heterocycles. The number of carbonyl (C=O) groups excluding carboxylic acids is 3. The Balaban J connectivity index is 1.79. The van der Waals surface area contributed by atoms with Gasteiger partial charge in [-0.05, 0) is 33.8 Å². The van der Waals surface area contributed by atoms with Crippen LogP contribution in [0.1, 0.15) is 43.3 Å². The molecule has 140 valence electrons. The number of amides is 3. The fourth-order valence-electron chi connectivity index (χ4n) is 2.23. The highest BCUT2D eigenvalue weighted by Crippen LogP contribution is 2.24. The molecule has 3 amide bonds. The van der Waals surface area contributed by atoms with Crippen LogP contribution in [0.4, 0.5) is 4.79 Å². The summed E-state index contributed by atoms with van der Waals surface area (Å²) in [6.07, 6.45) is -0.620. The van der Waals surface area contributed by atoms with E-state index in [0.717, 1.165) is 5.39 Å². The average molecular weight is 361 g/mol. The third kappa shape index (κ3) is 5.23. The van der Waals surface area contributed by atoms with Crippen LogP contribution < -0.4 is 16.2 Å². The Bertz CT molecular complexity index is 820. The Morgan fingerprint density at radius 3 is 2.46 bits per heavy atom. The Kier molecular flexibility index (Phi) is 5.86. The number of fused-ring (bicyclic) bond motifs is 1. The summed E-state index contributed by atoms with van der Waals surface area (Å²) in [6, 6.07) is 7.28. The molecule has 0 fully saturated rings. The maximum absolute atomic E-state index is 12.2. The molecule has 0 unspecified atom stereocenters. The maximum Gasteiger partial charge on any atom is 0.407 e. The quantitative estimate of drug-likeness (QED) is 0.725. The number of aryl methyl sites for hydroxylation is 1. The molecule has 1 heterocycles. The zero-order valence-electron chi connectivity index (χ0n) is 15.3. The fourth-order valence-corrected chi connectivity index (χ4v) is 2.23. The van der Waals surface area contributed by atoms with Crippen LogP contribution in [0.15, 0.2) is 28.7 Å². The lowest BCUT2D eigenvalue weighted by atomic mass is 10.1. The van der Waals surface area contributed by atoms with Crippen molar-refractivity contribution in [2.24, 2.45) is 0 Å². The first-order chi connectivity index (χ1) is 12.2. The van der Waals surface area contributed by atoms with Crippen LogP contribution in [0.3, 0.4) is 0 Å². The van der Waals surface area contributed by atoms with Crippen molar-refractivity contribution < 1.29 is 23.5 Å². The van der Waals surface area contributed by atoms with Crippen LogP contribution in [0.5, 0.6) is 0 Å². The number of rotatable bonds is 4. The smallest absolute Gasteiger partial charge is 0.407 e. The standard InChI is InChI=1S/C18H23N3O5/c1-11-12-7-5-6-8-13(12)25-15(11)16(23)21-20-14(22)9-10-19-17(24)26-18(2,3)4/h5-8H,9-10H2,1-4H3,(H,19,24)(H,20,22)(H,21,23). The monoisotopic (exact) mass is 361 g/mol. The van der Waals surface area contributed by atoms with Crippen molar-refractivity contribution in [2.45, 2.75) is 39.7 Å². The van der Waals surface area contributed by atoms with Gasteiger partial charge in [-0.3, -0.25) is 20.4 Å². The number of alkyl carbamates (subject to hydrolysis) is 1. The molecule has 1 aromatic carbocycles. The van der Waals surface area contributed by atoms with E-state index in [1.807, 2.05) is 18.2 Å². The summed E-state index contributed by atoms with van der Waals surface area (Å²) in [5.41, 5.74) is 5.27. The van der Waals surface area contributed by atoms with Gasteiger partial charge in [0.25, 0.3) is 0 Å². The van der Waals surface area contributed by atoms with Crippen LogP contribution in [-0.4, -0.2) is 30.1 Å². The highest BCUT2D eigenvalue weighted by atomic mass is 16.6. The molecule has 2 aromatic rings. The molecule has 0 spiro atoms. The van der Waals surface area contributed by atoms with Gasteiger partial charge in [-0.1, -0.05) is 18.2 Å². The molecule has 8 nitrogen and oxygen atoms in total. The highest BCUT2D eigenvalue weighted by Gasteiger charge is 2.18. The van der Waals surface area contributed by atoms with E-state index in [1.54, 1.807) is 33.8 Å². The molecule has 0 radical (unpaired) electrons. The minimum absolute atomic E-state index is 0.0152. The van der Waals surface area contributed by atoms with E-state index in [0.29, 0.717) is 11.1 Å². The lowest BCUT2D eigenvalue weighted by Crippen LogP contribution is -2.43. The molecule has 8 heteroatoms. The number of hydrogen-bond donors (Lipinski definition) is 3. The van der Waals surface area contributed by atoms with Gasteiger partial charge in [0.05, 0.1) is 0 Å². The van der Waals surface area contributed by atoms with Crippen molar-refractivity contribution in [2.75, 3.05) is 6.54 Å². The lowest BCUT2D eigenvalue weighted by Gasteiger charge is -2.19. The maximum atomic E-state index is 12.2. The summed E-state index contributed by atoms with van der Waals surface area (Å²) < 4.78 is 10.6. The first-order valence-corrected chi connectivity index (χ1v) is 8.21. The number of carbonyl (C=O) groups is 3. The van der Waals surface area contributed by atoms with Crippen molar-refractivity contribution in [3.63, 3.8) is 0 Å². The minimum Gasteiger partial charge on any atom is -0.451 e. The summed E-state index contributed by atoms with van der Waals surface area (Å²) in [7, 11) is 0. The zero-order chi connectivity index (χ0) is 19.3. The highest BCUT2D eigenvalue weighted by molar-refractivity contribution is 5.99. The number of para-hydroxylation sites is 1. The molecular formula is C18H23N3O5. The molecule has 0 atom stereocenters. The van der Waals surface area contributed by atoms with Crippen LogP contribution in [-0.2, 0) is 9.53 Å². The molecule has 0 saturated carbocycles. The predicted octanol–water partition coefficient (Wildman–Crippen LogP) is 2.42. The Labute approximate surface area is 151 Å². The summed E-state index contributed by atoms with van der Waals surface area (Å²) in [4.78, 5) is 35.4. The number of hydrogen-bond acceptors (Lipinski definition) is 5. The molecule has 0 saturated heterocycles. The normalized spacial score (nSPS) is 11.1. The van der Waals surface area contributed by atoms with Crippen LogP contribution in [0, 0.1) is 6.92 Å². The first-order valence-electron chi connectivity index (χ1n) is 8.21. The summed E-state index contributed by atoms with van der Waals surface area (Å²) in [6.45, 7) is 7.09. The lowest BCUT2D eigenvalue weighted by molar-refractivity contribution is -0.121. The Hall–Kier alpha value is -3.03. The zero-order valence-corrected chi connectivity index (χ0v) is 15.3. The van der Waals surface area contributed by atoms with Crippen molar-refractivity contribution in [3.05, 3.63) is 35.6 Å². The number of benzene rings is 1. The van der Waals surface area contributed by atoms with Crippen LogP contribution in [0.2, 0.25) is 0 Å². The molecular weight excluding hydrogens is 338 g/mol. The van der Waals surface area contributed by atoms with Gasteiger partial charge >= 0.3 is 12.0 Å². The molecule has 2 rings (SSSR count). The Morgan fingerprint density at radius 1 is 1.12 bits per heavy atom. The third-order valence-corrected chi connectivity index (χ3v) is 3.39. The summed E-state index contributed by atoms with van der Waals surface area (Å²) in [5, 5.41) is 3.30. The van der Waals surface area contributed by atoms with Crippen LogP contribution in [0.25, 0.3) is 11.0 Å². The van der Waals surface area contributed by atoms with Gasteiger partial charge in [0.1, 0.15) is 11.2 Å². The van der Waals surface area contributed by atoms with Gasteiger partial charge in [0.2, 0.25) is 5.91 Å². The third-order valence-electron chi connectivity index (χ3n) is 3.39. The molecule has 0 bridgehead atoms. The second-order valence-electron chi connectivity index (χ2n) is 6.73. The SMILES string of the molecule is Cc1c(C(=O)NNC(=O)CCNC(=O)OC(C)(C)C)oc2ccccc12. The Morgan fingerprint density at radius 2 is 1.81 bits per heavy atom. The van der Waals surface area contributed by atoms with E-state index >= 15 is 0 Å². The van der Waals surface area contributed by atoms with Gasteiger partial charge in [-0.15, -0.1) is 0 Å². The molecule has 1 aromatic heterocycles. The second kappa shape index (κ2) is 7.90. The van der Waals surface area contributed by atoms with E-state index in [1.165, 1.54) is 0 Å². The number of hydrazine groups is 1. The number of furan rings is 1. The summed E-state index contributed by atoms with van der Waals surface area (Å²) >= 11 is 0. The molecule has 3 N–H and O–H groups in total. The largest absolute Gasteiger partial charge is 0.451 e. The van der Waals surface area contributed by atoms with E-state index in [-0.39, 0.29) is 18.7 Å². The molecule has 0 aliphatic rings. The van der Waals surface area contributed by atoms with Gasteiger partial charge in [0.15, 0.2) is 5.76 Å². The van der Waals surface area contributed by atoms with Gasteiger partial charge in [0, 0.05) is 23.9 Å². The average Bonchev–Trinajstić information content (AvgIpc) is 2.88. The van der Waals surface area contributed by atoms with Gasteiger partial charge in [-0.2, -0.15) is 0 Å². The van der Waals surface area contributed by atoms with Crippen molar-refractivity contribution in [3.8, 4) is 0 Å². The molecule has 0 aliphatic carbocycles. The van der Waals surface area contributed by atoms with Gasteiger partial charge < -0.3 is 14.5 Å². The van der Waals surface area contributed by atoms with E-state index in [2.05, 4.69) is 16.2 Å². The second-order valence-corrected chi connectivity index (χ2v) is 6.73. The predicted molar refractivity (Wildman–Crippen MR) is 95.4 cm³/mol. The van der Waals surface area contributed by atoms with E-state index in [9.17, 15) is 14.4 Å². The van der Waals surface area contributed by atoms with Crippen LogP contribution >= 0.6 is 0 Å². The number of nitrogens with one attached hydrogen (secondary N) is 3. The number of ether oxygens (including phenoxy) is 1. The molecule has 26 heavy (non-hydrogen) atoms. The van der Waals surface area contributed by atoms with Crippen molar-refractivity contribution in [1.29, 1.82) is 0 Å². The fraction of sp³-hybridized carbons (Fsp3) is 0.389. The van der Waals surface area contributed by atoms with Crippen molar-refractivity contribution >= 4 is 28.9 Å². The van der Waals surface area contributed by atoms with E-state index < -0.39 is 23.5 Å². The minimum atomic E-state index is -0.606. The van der Waals surface area contributed by atoms with Crippen molar-refractivity contribution in [1.82, 2.24) is 16.2 Å². The summed E-state index contributed by atoms with van der Waals surface area (Å²) in [5.74, 6) is -0.867.